The van der Waals surface area contributed by atoms with Crippen LogP contribution in [0.5, 0.6) is 0 Å². The van der Waals surface area contributed by atoms with Crippen LogP contribution in [-0.4, -0.2) is 37.5 Å². The van der Waals surface area contributed by atoms with Crippen LogP contribution in [0, 0.1) is 5.41 Å². The fourth-order valence-electron chi connectivity index (χ4n) is 2.41. The lowest BCUT2D eigenvalue weighted by molar-refractivity contribution is -0.123. The fourth-order valence-corrected chi connectivity index (χ4v) is 2.41. The van der Waals surface area contributed by atoms with Gasteiger partial charge in [0.2, 0.25) is 5.91 Å². The number of aromatic nitrogens is 3. The number of amides is 1. The number of carbonyl (C=O) groups is 2. The number of carboxylic acid groups (broad SMARTS) is 1. The molecule has 1 heterocycles. The highest BCUT2D eigenvalue weighted by atomic mass is 16.4. The van der Waals surface area contributed by atoms with E-state index in [1.54, 1.807) is 0 Å². The Hall–Kier alpha value is -1.92. The first-order valence-corrected chi connectivity index (χ1v) is 6.43. The van der Waals surface area contributed by atoms with Gasteiger partial charge >= 0.3 is 5.97 Å². The van der Waals surface area contributed by atoms with E-state index in [0.717, 1.165) is 6.42 Å². The molecule has 1 aromatic heterocycles. The second-order valence-corrected chi connectivity index (χ2v) is 6.78. The van der Waals surface area contributed by atoms with Gasteiger partial charge in [-0.05, 0) is 25.7 Å². The third kappa shape index (κ3) is 5.38. The number of carboxylic acids is 1. The minimum absolute atomic E-state index is 0.0478. The number of aromatic carboxylic acids is 1. The zero-order chi connectivity index (χ0) is 15.6. The Morgan fingerprint density at radius 3 is 2.35 bits per heavy atom. The van der Waals surface area contributed by atoms with Crippen LogP contribution in [0.1, 0.15) is 51.5 Å². The van der Waals surface area contributed by atoms with E-state index >= 15 is 0 Å². The fraction of sp³-hybridized carbons (Fsp3) is 0.692. The van der Waals surface area contributed by atoms with E-state index in [0.29, 0.717) is 0 Å². The lowest BCUT2D eigenvalue weighted by Gasteiger charge is -2.33. The smallest absolute Gasteiger partial charge is 0.358 e. The Balaban J connectivity index is 2.60. The molecule has 112 valence electrons. The lowest BCUT2D eigenvalue weighted by Crippen LogP contribution is -2.47. The Morgan fingerprint density at radius 2 is 1.90 bits per heavy atom. The van der Waals surface area contributed by atoms with E-state index in [1.807, 2.05) is 13.8 Å². The molecule has 0 aromatic carbocycles. The molecule has 0 aliphatic heterocycles. The maximum Gasteiger partial charge on any atom is 0.358 e. The summed E-state index contributed by atoms with van der Waals surface area (Å²) < 4.78 is 1.21. The summed E-state index contributed by atoms with van der Waals surface area (Å²) in [6.45, 7) is 10.2. The third-order valence-electron chi connectivity index (χ3n) is 2.51. The standard InChI is InChI=1S/C13H22N4O3/c1-12(2,3)8-13(4,5)14-10(18)7-17-6-9(11(19)20)15-16-17/h6H,7-8H2,1-5H3,(H,14,18)(H,19,20). The molecule has 1 amide bonds. The lowest BCUT2D eigenvalue weighted by atomic mass is 9.82. The average Bonchev–Trinajstić information content (AvgIpc) is 2.60. The topological polar surface area (TPSA) is 97.1 Å². The predicted molar refractivity (Wildman–Crippen MR) is 73.3 cm³/mol. The van der Waals surface area contributed by atoms with Gasteiger partial charge in [-0.1, -0.05) is 26.0 Å². The molecule has 0 fully saturated rings. The van der Waals surface area contributed by atoms with E-state index in [-0.39, 0.29) is 29.1 Å². The molecule has 1 aromatic rings. The van der Waals surface area contributed by atoms with Crippen molar-refractivity contribution in [3.63, 3.8) is 0 Å². The predicted octanol–water partition coefficient (Wildman–Crippen LogP) is 1.31. The van der Waals surface area contributed by atoms with Gasteiger partial charge in [0.25, 0.3) is 0 Å². The van der Waals surface area contributed by atoms with Gasteiger partial charge in [-0.25, -0.2) is 9.48 Å². The van der Waals surface area contributed by atoms with Crippen molar-refractivity contribution in [1.29, 1.82) is 0 Å². The molecule has 0 unspecified atom stereocenters. The van der Waals surface area contributed by atoms with Crippen LogP contribution in [0.15, 0.2) is 6.20 Å². The molecule has 0 saturated heterocycles. The van der Waals surface area contributed by atoms with E-state index in [4.69, 9.17) is 5.11 Å². The van der Waals surface area contributed by atoms with Gasteiger partial charge < -0.3 is 10.4 Å². The second kappa shape index (κ2) is 5.60. The van der Waals surface area contributed by atoms with Crippen molar-refractivity contribution in [3.8, 4) is 0 Å². The molecule has 0 spiro atoms. The van der Waals surface area contributed by atoms with Crippen molar-refractivity contribution in [1.82, 2.24) is 20.3 Å². The Morgan fingerprint density at radius 1 is 1.30 bits per heavy atom. The molecule has 0 atom stereocenters. The number of hydrogen-bond acceptors (Lipinski definition) is 4. The van der Waals surface area contributed by atoms with Crippen LogP contribution < -0.4 is 5.32 Å². The molecule has 0 radical (unpaired) electrons. The summed E-state index contributed by atoms with van der Waals surface area (Å²) >= 11 is 0. The van der Waals surface area contributed by atoms with Crippen LogP contribution in [0.2, 0.25) is 0 Å². The van der Waals surface area contributed by atoms with Gasteiger partial charge in [0, 0.05) is 5.54 Å². The first-order valence-electron chi connectivity index (χ1n) is 6.43. The Kier molecular flexibility index (Phi) is 4.52. The first-order chi connectivity index (χ1) is 8.98. The zero-order valence-electron chi connectivity index (χ0n) is 12.6. The molecular formula is C13H22N4O3. The molecule has 2 N–H and O–H groups in total. The summed E-state index contributed by atoms with van der Waals surface area (Å²) in [6.07, 6.45) is 2.06. The second-order valence-electron chi connectivity index (χ2n) is 6.78. The molecular weight excluding hydrogens is 260 g/mol. The highest BCUT2D eigenvalue weighted by molar-refractivity contribution is 5.84. The van der Waals surface area contributed by atoms with Gasteiger partial charge in [0.15, 0.2) is 5.69 Å². The van der Waals surface area contributed by atoms with Crippen molar-refractivity contribution < 1.29 is 14.7 Å². The van der Waals surface area contributed by atoms with E-state index < -0.39 is 5.97 Å². The summed E-state index contributed by atoms with van der Waals surface area (Å²) in [5, 5.41) is 18.7. The van der Waals surface area contributed by atoms with Crippen molar-refractivity contribution in [2.24, 2.45) is 5.41 Å². The maximum atomic E-state index is 11.9. The number of hydrogen-bond donors (Lipinski definition) is 2. The van der Waals surface area contributed by atoms with Crippen LogP contribution in [0.3, 0.4) is 0 Å². The normalized spacial score (nSPS) is 12.2. The van der Waals surface area contributed by atoms with Gasteiger partial charge in [-0.3, -0.25) is 4.79 Å². The van der Waals surface area contributed by atoms with Gasteiger partial charge in [-0.2, -0.15) is 0 Å². The molecule has 0 bridgehead atoms. The van der Waals surface area contributed by atoms with E-state index in [9.17, 15) is 9.59 Å². The van der Waals surface area contributed by atoms with Crippen molar-refractivity contribution >= 4 is 11.9 Å². The van der Waals surface area contributed by atoms with Crippen LogP contribution >= 0.6 is 0 Å². The molecule has 0 aliphatic rings. The average molecular weight is 282 g/mol. The summed E-state index contributed by atoms with van der Waals surface area (Å²) in [5.74, 6) is -1.38. The summed E-state index contributed by atoms with van der Waals surface area (Å²) in [6, 6.07) is 0. The minimum Gasteiger partial charge on any atom is -0.476 e. The van der Waals surface area contributed by atoms with Crippen LogP contribution in [0.25, 0.3) is 0 Å². The van der Waals surface area contributed by atoms with Crippen molar-refractivity contribution in [2.75, 3.05) is 0 Å². The molecule has 0 aliphatic carbocycles. The van der Waals surface area contributed by atoms with Crippen molar-refractivity contribution in [2.45, 2.75) is 53.1 Å². The first kappa shape index (κ1) is 16.1. The summed E-state index contributed by atoms with van der Waals surface area (Å²) in [7, 11) is 0. The third-order valence-corrected chi connectivity index (χ3v) is 2.51. The van der Waals surface area contributed by atoms with E-state index in [2.05, 4.69) is 36.4 Å². The largest absolute Gasteiger partial charge is 0.476 e. The van der Waals surface area contributed by atoms with Crippen LogP contribution in [-0.2, 0) is 11.3 Å². The number of rotatable bonds is 5. The molecule has 7 nitrogen and oxygen atoms in total. The molecule has 20 heavy (non-hydrogen) atoms. The highest BCUT2D eigenvalue weighted by Crippen LogP contribution is 2.26. The monoisotopic (exact) mass is 282 g/mol. The molecule has 1 rings (SSSR count). The maximum absolute atomic E-state index is 11.9. The number of nitrogens with zero attached hydrogens (tertiary/aromatic N) is 3. The Bertz CT molecular complexity index is 500. The Labute approximate surface area is 118 Å². The SMILES string of the molecule is CC(C)(C)CC(C)(C)NC(=O)Cn1cc(C(=O)O)nn1. The highest BCUT2D eigenvalue weighted by Gasteiger charge is 2.27. The zero-order valence-corrected chi connectivity index (χ0v) is 12.6. The number of nitrogens with one attached hydrogen (secondary N) is 1. The quantitative estimate of drug-likeness (QED) is 0.848. The van der Waals surface area contributed by atoms with Gasteiger partial charge in [0.05, 0.1) is 6.20 Å². The summed E-state index contributed by atoms with van der Waals surface area (Å²) in [4.78, 5) is 22.6. The molecule has 0 saturated carbocycles. The van der Waals surface area contributed by atoms with E-state index in [1.165, 1.54) is 10.9 Å². The van der Waals surface area contributed by atoms with Crippen LogP contribution in [0.4, 0.5) is 0 Å². The van der Waals surface area contributed by atoms with Gasteiger partial charge in [-0.15, -0.1) is 5.10 Å². The van der Waals surface area contributed by atoms with Crippen molar-refractivity contribution in [3.05, 3.63) is 11.9 Å². The summed E-state index contributed by atoms with van der Waals surface area (Å²) in [5.41, 5.74) is -0.418. The van der Waals surface area contributed by atoms with Gasteiger partial charge in [0.1, 0.15) is 6.54 Å². The minimum atomic E-state index is -1.16. The number of carbonyl (C=O) groups excluding carboxylic acids is 1. The molecule has 7 heteroatoms.